The lowest BCUT2D eigenvalue weighted by Crippen LogP contribution is -2.19. The van der Waals surface area contributed by atoms with E-state index in [1.165, 1.54) is 100 Å². The monoisotopic (exact) mass is 1830 g/mol. The fourth-order valence-corrected chi connectivity index (χ4v) is 22.8. The van der Waals surface area contributed by atoms with Gasteiger partial charge in [-0.05, 0) is 168 Å². The molecule has 0 radical (unpaired) electrons. The van der Waals surface area contributed by atoms with Crippen molar-refractivity contribution >= 4 is 107 Å². The van der Waals surface area contributed by atoms with Crippen LogP contribution in [0.5, 0.6) is 0 Å². The van der Waals surface area contributed by atoms with Crippen LogP contribution in [0.4, 0.5) is 52.0 Å². The molecule has 4 aliphatic carbocycles. The molecule has 0 unspecified atom stereocenters. The number of rotatable bonds is 14. The van der Waals surface area contributed by atoms with Crippen LogP contribution in [0.25, 0.3) is 155 Å². The second kappa shape index (κ2) is 34.2. The van der Waals surface area contributed by atoms with Gasteiger partial charge < -0.3 is 4.42 Å². The van der Waals surface area contributed by atoms with E-state index in [0.717, 1.165) is 134 Å². The molecule has 0 spiro atoms. The molecule has 4 aromatic heterocycles. The van der Waals surface area contributed by atoms with Crippen molar-refractivity contribution in [2.75, 3.05) is 14.7 Å². The fraction of sp³-hybridized carbons (Fsp3) is 0.0909. The van der Waals surface area contributed by atoms with Gasteiger partial charge in [-0.1, -0.05) is 432 Å². The van der Waals surface area contributed by atoms with Crippen LogP contribution in [-0.4, -0.2) is 29.9 Å². The van der Waals surface area contributed by atoms with Gasteiger partial charge in [0, 0.05) is 105 Å². The topological polar surface area (TPSA) is 100 Å². The summed E-state index contributed by atoms with van der Waals surface area (Å²) < 4.78 is 6.42. The van der Waals surface area contributed by atoms with Crippen molar-refractivity contribution in [2.45, 2.75) is 77.0 Å². The van der Waals surface area contributed by atoms with Crippen molar-refractivity contribution in [1.29, 1.82) is 0 Å². The Balaban J connectivity index is 0.000000112. The first-order chi connectivity index (χ1) is 69.5. The standard InChI is InChI=1S/C47H33N3O.C44H35N3.C41H31N3/c1-47(2)38-21-9-6-17-36(38)43-39(47)22-13-24-41(43)50(46-48-40-23-10-7-18-37(40)44(49-46)31-14-4-3-5-15-31)32-28-26-30(27-29-32)33-19-12-20-35-34-16-8-11-25-42(34)51-45(33)35;1-43(2)35-21-12-9-18-32(35)40-36(43)22-14-24-39(40)47(29-25-26-31-30-17-8-11-20-34(30)44(3,4)37(31)27-29)42-45-38-23-13-10-19-33(38)41(46-42)28-15-6-5-7-16-28;1-41(2)34-20-11-9-18-32(34)38-35(41)21-13-23-37(38)44(31-26-24-29(25-27-31)28-14-5-3-6-15-28)40-42-36-22-12-10-19-33(36)39(43-40)30-16-7-4-8-17-30/h3-29H,1-2H3;5-27H,1-4H3;3-27H,1-2H3. The maximum atomic E-state index is 6.42. The van der Waals surface area contributed by atoms with Crippen LogP contribution in [0.1, 0.15) is 99.9 Å². The molecule has 0 N–H and O–H groups in total. The highest BCUT2D eigenvalue weighted by molar-refractivity contribution is 6.10. The Labute approximate surface area is 827 Å². The Hall–Kier alpha value is -17.6. The fourth-order valence-electron chi connectivity index (χ4n) is 22.8. The third kappa shape index (κ3) is 14.3. The van der Waals surface area contributed by atoms with E-state index >= 15 is 0 Å². The second-order valence-corrected chi connectivity index (χ2v) is 39.5. The number of fused-ring (bicyclic) bond motifs is 18. The van der Waals surface area contributed by atoms with E-state index in [9.17, 15) is 0 Å². The molecule has 23 aromatic rings. The first-order valence-corrected chi connectivity index (χ1v) is 49.0. The number of benzene rings is 19. The molecule has 0 amide bonds. The normalized spacial score (nSPS) is 13.6. The van der Waals surface area contributed by atoms with Gasteiger partial charge in [-0.25, -0.2) is 29.9 Å². The summed E-state index contributed by atoms with van der Waals surface area (Å²) in [5.41, 5.74) is 41.4. The molecule has 4 heterocycles. The van der Waals surface area contributed by atoms with Gasteiger partial charge in [0.25, 0.3) is 0 Å². The van der Waals surface area contributed by atoms with Crippen molar-refractivity contribution in [3.8, 4) is 101 Å². The molecule has 0 fully saturated rings. The average molecular weight is 1830 g/mol. The lowest BCUT2D eigenvalue weighted by atomic mass is 9.82. The van der Waals surface area contributed by atoms with Crippen molar-refractivity contribution in [3.63, 3.8) is 0 Å². The molecule has 4 aliphatic rings. The summed E-state index contributed by atoms with van der Waals surface area (Å²) in [6.45, 7) is 18.6. The highest BCUT2D eigenvalue weighted by atomic mass is 16.3. The number of aromatic nitrogens is 6. The number of nitrogens with zero attached hydrogens (tertiary/aromatic N) is 9. The predicted octanol–water partition coefficient (Wildman–Crippen LogP) is 34.8. The van der Waals surface area contributed by atoms with Gasteiger partial charge in [-0.2, -0.15) is 0 Å². The van der Waals surface area contributed by atoms with Crippen LogP contribution < -0.4 is 14.7 Å². The third-order valence-electron chi connectivity index (χ3n) is 29.9. The van der Waals surface area contributed by atoms with E-state index < -0.39 is 0 Å². The first kappa shape index (κ1) is 86.0. The van der Waals surface area contributed by atoms with Gasteiger partial charge in [0.1, 0.15) is 11.2 Å². The van der Waals surface area contributed by atoms with E-state index in [2.05, 4.69) is 489 Å². The van der Waals surface area contributed by atoms with Crippen molar-refractivity contribution in [3.05, 3.63) is 499 Å². The lowest BCUT2D eigenvalue weighted by Gasteiger charge is -2.29. The zero-order chi connectivity index (χ0) is 95.7. The average Bonchev–Trinajstić information content (AvgIpc) is 1.55. The zero-order valence-corrected chi connectivity index (χ0v) is 80.2. The predicted molar refractivity (Wildman–Crippen MR) is 587 cm³/mol. The molecule has 142 heavy (non-hydrogen) atoms. The van der Waals surface area contributed by atoms with E-state index in [1.807, 2.05) is 36.4 Å². The Kier molecular flexibility index (Phi) is 20.7. The number of anilines is 9. The van der Waals surface area contributed by atoms with Crippen molar-refractivity contribution in [1.82, 2.24) is 29.9 Å². The number of furan rings is 1. The summed E-state index contributed by atoms with van der Waals surface area (Å²) >= 11 is 0. The van der Waals surface area contributed by atoms with Crippen LogP contribution in [0, 0.1) is 0 Å². The second-order valence-electron chi connectivity index (χ2n) is 39.5. The summed E-state index contributed by atoms with van der Waals surface area (Å²) in [6, 6.07) is 161. The number of hydrogen-bond donors (Lipinski definition) is 0. The Morgan fingerprint density at radius 2 is 0.472 bits per heavy atom. The van der Waals surface area contributed by atoms with E-state index in [0.29, 0.717) is 17.8 Å². The van der Waals surface area contributed by atoms with Gasteiger partial charge in [0.2, 0.25) is 17.8 Å². The zero-order valence-electron chi connectivity index (χ0n) is 80.2. The van der Waals surface area contributed by atoms with Gasteiger partial charge in [-0.15, -0.1) is 0 Å². The number of hydrogen-bond acceptors (Lipinski definition) is 10. The summed E-state index contributed by atoms with van der Waals surface area (Å²) in [5, 5.41) is 5.34. The molecular formula is C132H99N9O. The first-order valence-electron chi connectivity index (χ1n) is 49.0. The van der Waals surface area contributed by atoms with E-state index in [1.54, 1.807) is 0 Å². The van der Waals surface area contributed by atoms with Crippen molar-refractivity contribution < 1.29 is 4.42 Å². The molecule has 0 bridgehead atoms. The Morgan fingerprint density at radius 1 is 0.190 bits per heavy atom. The van der Waals surface area contributed by atoms with E-state index in [4.69, 9.17) is 34.3 Å². The van der Waals surface area contributed by atoms with Crippen LogP contribution in [-0.2, 0) is 21.7 Å². The smallest absolute Gasteiger partial charge is 0.235 e. The Bertz CT molecular complexity index is 8920. The minimum Gasteiger partial charge on any atom is -0.455 e. The summed E-state index contributed by atoms with van der Waals surface area (Å²) in [7, 11) is 0. The largest absolute Gasteiger partial charge is 0.455 e. The van der Waals surface area contributed by atoms with Gasteiger partial charge >= 0.3 is 0 Å². The molecule has 0 saturated heterocycles. The van der Waals surface area contributed by atoms with Gasteiger partial charge in [-0.3, -0.25) is 14.7 Å². The minimum atomic E-state index is -0.151. The van der Waals surface area contributed by atoms with E-state index in [-0.39, 0.29) is 21.7 Å². The number of para-hydroxylation sites is 5. The van der Waals surface area contributed by atoms with Crippen LogP contribution in [0.15, 0.2) is 459 Å². The lowest BCUT2D eigenvalue weighted by molar-refractivity contribution is 0.660. The quantitative estimate of drug-likeness (QED) is 0.105. The maximum absolute atomic E-state index is 6.42. The molecule has 27 rings (SSSR count). The highest BCUT2D eigenvalue weighted by Gasteiger charge is 2.44. The molecule has 0 saturated carbocycles. The molecule has 19 aromatic carbocycles. The Morgan fingerprint density at radius 3 is 0.887 bits per heavy atom. The van der Waals surface area contributed by atoms with Crippen LogP contribution in [0.2, 0.25) is 0 Å². The third-order valence-corrected chi connectivity index (χ3v) is 29.9. The molecule has 0 atom stereocenters. The van der Waals surface area contributed by atoms with Crippen LogP contribution >= 0.6 is 0 Å². The van der Waals surface area contributed by atoms with Gasteiger partial charge in [0.15, 0.2) is 0 Å². The summed E-state index contributed by atoms with van der Waals surface area (Å²) in [5.74, 6) is 1.92. The highest BCUT2D eigenvalue weighted by Crippen LogP contribution is 2.60. The van der Waals surface area contributed by atoms with Crippen LogP contribution in [0.3, 0.4) is 0 Å². The van der Waals surface area contributed by atoms with Crippen molar-refractivity contribution in [2.24, 2.45) is 0 Å². The summed E-state index contributed by atoms with van der Waals surface area (Å²) in [4.78, 5) is 38.8. The molecule has 678 valence electrons. The summed E-state index contributed by atoms with van der Waals surface area (Å²) in [6.07, 6.45) is 0. The molecule has 10 heteroatoms. The van der Waals surface area contributed by atoms with Gasteiger partial charge in [0.05, 0.1) is 50.7 Å². The minimum absolute atomic E-state index is 0.121. The molecular weight excluding hydrogens is 1730 g/mol. The molecule has 10 nitrogen and oxygen atoms in total. The molecule has 0 aliphatic heterocycles. The maximum Gasteiger partial charge on any atom is 0.235 e. The SMILES string of the molecule is CC1(C)c2ccccc2-c2c(N(c3ccc(-c4cccc5c4oc4ccccc45)cc3)c3nc(-c4ccccc4)c4ccccc4n3)cccc21.CC1(C)c2ccccc2-c2c(N(c3ccc(-c4ccccc4)cc3)c3nc(-c4ccccc4)c4ccccc4n3)cccc21.CC1(C)c2ccccc2-c2ccc(N(c3nc(-c4ccccc4)c4ccccc4n3)c3cccc4c3-c3ccccc3C4(C)C)cc21.